The number of esters is 1. The second-order valence-corrected chi connectivity index (χ2v) is 11.4. The first kappa shape index (κ1) is 30.2. The highest BCUT2D eigenvalue weighted by Crippen LogP contribution is 2.24. The number of nitrogens with zero attached hydrogens (tertiary/aromatic N) is 2. The van der Waals surface area contributed by atoms with E-state index in [4.69, 9.17) is 9.47 Å². The van der Waals surface area contributed by atoms with Gasteiger partial charge in [0, 0.05) is 5.57 Å². The Kier molecular flexibility index (Phi) is 13.0. The first-order valence-corrected chi connectivity index (χ1v) is 14.7. The van der Waals surface area contributed by atoms with E-state index in [1.807, 2.05) is 38.1 Å². The molecule has 2 rings (SSSR count). The molecule has 0 radical (unpaired) electrons. The van der Waals surface area contributed by atoms with Gasteiger partial charge in [0.25, 0.3) is 0 Å². The zero-order valence-corrected chi connectivity index (χ0v) is 23.1. The first-order chi connectivity index (χ1) is 17.7. The van der Waals surface area contributed by atoms with Crippen molar-refractivity contribution in [2.45, 2.75) is 70.6 Å². The summed E-state index contributed by atoms with van der Waals surface area (Å²) in [6.45, 7) is 10.3. The summed E-state index contributed by atoms with van der Waals surface area (Å²) in [6.07, 6.45) is 7.06. The van der Waals surface area contributed by atoms with Crippen molar-refractivity contribution in [1.29, 1.82) is 0 Å². The fourth-order valence-electron chi connectivity index (χ4n) is 3.42. The van der Waals surface area contributed by atoms with Gasteiger partial charge in [-0.25, -0.2) is 13.2 Å². The van der Waals surface area contributed by atoms with Crippen LogP contribution < -0.4 is 4.74 Å². The van der Waals surface area contributed by atoms with Gasteiger partial charge < -0.3 is 9.47 Å². The van der Waals surface area contributed by atoms with Crippen molar-refractivity contribution in [3.05, 3.63) is 60.7 Å². The number of hydrogen-bond donors (Lipinski definition) is 0. The van der Waals surface area contributed by atoms with Crippen LogP contribution in [0, 0.1) is 5.92 Å². The van der Waals surface area contributed by atoms with Crippen LogP contribution in [0.3, 0.4) is 0 Å². The lowest BCUT2D eigenvalue weighted by Gasteiger charge is -2.09. The highest BCUT2D eigenvalue weighted by atomic mass is 32.2. The average molecular weight is 529 g/mol. The van der Waals surface area contributed by atoms with Crippen molar-refractivity contribution in [2.24, 2.45) is 16.1 Å². The Hall–Kier alpha value is -3.00. The molecular weight excluding hydrogens is 488 g/mol. The van der Waals surface area contributed by atoms with Gasteiger partial charge in [0.1, 0.15) is 5.75 Å². The van der Waals surface area contributed by atoms with Crippen LogP contribution in [0.4, 0.5) is 11.4 Å². The van der Waals surface area contributed by atoms with Crippen LogP contribution in [-0.4, -0.2) is 33.4 Å². The SMILES string of the molecule is C=C(C)C(=O)OCCCCCCCCOc1ccc(N=Nc2ccc(S(=O)(=O)CC(C)CC)cc2)cc1. The molecule has 0 aliphatic rings. The van der Waals surface area contributed by atoms with Crippen LogP contribution in [0.1, 0.15) is 65.7 Å². The Morgan fingerprint density at radius 2 is 1.38 bits per heavy atom. The number of sulfone groups is 1. The van der Waals surface area contributed by atoms with Gasteiger partial charge in [-0.2, -0.15) is 10.2 Å². The first-order valence-electron chi connectivity index (χ1n) is 13.0. The van der Waals surface area contributed by atoms with Crippen LogP contribution >= 0.6 is 0 Å². The number of rotatable bonds is 17. The monoisotopic (exact) mass is 528 g/mol. The molecular formula is C29H40N2O5S. The molecule has 0 aromatic heterocycles. The summed E-state index contributed by atoms with van der Waals surface area (Å²) < 4.78 is 35.8. The van der Waals surface area contributed by atoms with Gasteiger partial charge in [0.15, 0.2) is 9.84 Å². The van der Waals surface area contributed by atoms with Gasteiger partial charge in [0.05, 0.1) is 35.2 Å². The van der Waals surface area contributed by atoms with E-state index in [9.17, 15) is 13.2 Å². The highest BCUT2D eigenvalue weighted by molar-refractivity contribution is 7.91. The maximum Gasteiger partial charge on any atom is 0.333 e. The molecule has 0 bridgehead atoms. The molecule has 7 nitrogen and oxygen atoms in total. The van der Waals surface area contributed by atoms with Gasteiger partial charge in [0.2, 0.25) is 0 Å². The summed E-state index contributed by atoms with van der Waals surface area (Å²) in [5.74, 6) is 0.744. The number of benzene rings is 2. The molecule has 1 unspecified atom stereocenters. The Morgan fingerprint density at radius 1 is 0.865 bits per heavy atom. The molecule has 0 spiro atoms. The molecule has 0 aliphatic heterocycles. The smallest absolute Gasteiger partial charge is 0.333 e. The van der Waals surface area contributed by atoms with Crippen molar-refractivity contribution >= 4 is 27.2 Å². The Bertz CT molecular complexity index is 1110. The van der Waals surface area contributed by atoms with Gasteiger partial charge in [-0.1, -0.05) is 52.5 Å². The Morgan fingerprint density at radius 3 is 1.92 bits per heavy atom. The molecule has 0 saturated carbocycles. The summed E-state index contributed by atoms with van der Waals surface area (Å²) >= 11 is 0. The van der Waals surface area contributed by atoms with E-state index in [0.29, 0.717) is 35.1 Å². The van der Waals surface area contributed by atoms with Crippen LogP contribution in [0.15, 0.2) is 75.8 Å². The maximum absolute atomic E-state index is 12.5. The molecule has 0 N–H and O–H groups in total. The number of carbonyl (C=O) groups is 1. The molecule has 37 heavy (non-hydrogen) atoms. The van der Waals surface area contributed by atoms with Gasteiger partial charge in [-0.3, -0.25) is 0 Å². The quantitative estimate of drug-likeness (QED) is 0.0905. The van der Waals surface area contributed by atoms with Gasteiger partial charge in [-0.05, 0) is 74.2 Å². The fraction of sp³-hybridized carbons (Fsp3) is 0.483. The molecule has 1 atom stereocenters. The minimum absolute atomic E-state index is 0.124. The standard InChI is InChI=1S/C29H40N2O5S/c1-5-24(4)22-37(33,34)28-18-14-26(15-19-28)31-30-25-12-16-27(17-13-25)35-20-10-8-6-7-9-11-21-36-29(32)23(2)3/h12-19,24H,2,5-11,20-22H2,1,3-4H3. The third-order valence-electron chi connectivity index (χ3n) is 5.90. The molecule has 0 saturated heterocycles. The molecule has 0 fully saturated rings. The normalized spacial score (nSPS) is 12.4. The number of unbranched alkanes of at least 4 members (excludes halogenated alkanes) is 5. The molecule has 0 aliphatic carbocycles. The van der Waals surface area contributed by atoms with Crippen molar-refractivity contribution in [3.8, 4) is 5.75 Å². The molecule has 2 aromatic rings. The molecule has 202 valence electrons. The lowest BCUT2D eigenvalue weighted by atomic mass is 10.1. The van der Waals surface area contributed by atoms with Gasteiger partial charge >= 0.3 is 5.97 Å². The summed E-state index contributed by atoms with van der Waals surface area (Å²) in [5.41, 5.74) is 1.72. The van der Waals surface area contributed by atoms with Crippen molar-refractivity contribution in [3.63, 3.8) is 0 Å². The molecule has 8 heteroatoms. The van der Waals surface area contributed by atoms with Gasteiger partial charge in [-0.15, -0.1) is 0 Å². The summed E-state index contributed by atoms with van der Waals surface area (Å²) in [5, 5.41) is 8.43. The molecule has 0 heterocycles. The van der Waals surface area contributed by atoms with E-state index < -0.39 is 9.84 Å². The average Bonchev–Trinajstić information content (AvgIpc) is 2.88. The Labute approximate surface area is 221 Å². The summed E-state index contributed by atoms with van der Waals surface area (Å²) in [7, 11) is -3.29. The lowest BCUT2D eigenvalue weighted by Crippen LogP contribution is -2.13. The number of carbonyl (C=O) groups excluding carboxylic acids is 1. The zero-order valence-electron chi connectivity index (χ0n) is 22.3. The zero-order chi connectivity index (χ0) is 27.1. The van der Waals surface area contributed by atoms with E-state index in [1.165, 1.54) is 0 Å². The predicted molar refractivity (Wildman–Crippen MR) is 148 cm³/mol. The second kappa shape index (κ2) is 16.0. The van der Waals surface area contributed by atoms with E-state index in [2.05, 4.69) is 16.8 Å². The number of azo groups is 1. The third kappa shape index (κ3) is 11.7. The van der Waals surface area contributed by atoms with Crippen molar-refractivity contribution in [2.75, 3.05) is 19.0 Å². The van der Waals surface area contributed by atoms with E-state index in [1.54, 1.807) is 31.2 Å². The minimum atomic E-state index is -3.29. The van der Waals surface area contributed by atoms with Crippen LogP contribution in [0.2, 0.25) is 0 Å². The molecule has 2 aromatic carbocycles. The topological polar surface area (TPSA) is 94.4 Å². The van der Waals surface area contributed by atoms with Crippen LogP contribution in [-0.2, 0) is 19.4 Å². The van der Waals surface area contributed by atoms with E-state index in [0.717, 1.165) is 50.7 Å². The summed E-state index contributed by atoms with van der Waals surface area (Å²) in [6, 6.07) is 13.9. The Balaban J connectivity index is 1.65. The third-order valence-corrected chi connectivity index (χ3v) is 7.90. The number of ether oxygens (including phenoxy) is 2. The van der Waals surface area contributed by atoms with Crippen LogP contribution in [0.25, 0.3) is 0 Å². The maximum atomic E-state index is 12.5. The van der Waals surface area contributed by atoms with E-state index >= 15 is 0 Å². The molecule has 0 amide bonds. The van der Waals surface area contributed by atoms with Crippen LogP contribution in [0.5, 0.6) is 5.75 Å². The second-order valence-electron chi connectivity index (χ2n) is 9.37. The largest absolute Gasteiger partial charge is 0.494 e. The van der Waals surface area contributed by atoms with Crippen molar-refractivity contribution in [1.82, 2.24) is 0 Å². The summed E-state index contributed by atoms with van der Waals surface area (Å²) in [4.78, 5) is 11.6. The fourth-order valence-corrected chi connectivity index (χ4v) is 5.15. The number of hydrogen-bond acceptors (Lipinski definition) is 7. The highest BCUT2D eigenvalue weighted by Gasteiger charge is 2.17. The van der Waals surface area contributed by atoms with E-state index in [-0.39, 0.29) is 17.6 Å². The predicted octanol–water partition coefficient (Wildman–Crippen LogP) is 7.76. The minimum Gasteiger partial charge on any atom is -0.494 e. The van der Waals surface area contributed by atoms with Crippen molar-refractivity contribution < 1.29 is 22.7 Å². The lowest BCUT2D eigenvalue weighted by molar-refractivity contribution is -0.139.